The van der Waals surface area contributed by atoms with Crippen LogP contribution in [0.4, 0.5) is 8.78 Å². The lowest BCUT2D eigenvalue weighted by Crippen LogP contribution is -2.24. The Morgan fingerprint density at radius 3 is 2.70 bits per heavy atom. The molecule has 2 N–H and O–H groups in total. The van der Waals surface area contributed by atoms with Gasteiger partial charge in [0.2, 0.25) is 0 Å². The van der Waals surface area contributed by atoms with Gasteiger partial charge in [0.25, 0.3) is 5.91 Å². The summed E-state index contributed by atoms with van der Waals surface area (Å²) in [5.41, 5.74) is 1.82. The summed E-state index contributed by atoms with van der Waals surface area (Å²) in [5.74, 6) is -1.77. The van der Waals surface area contributed by atoms with Crippen molar-refractivity contribution in [2.24, 2.45) is 0 Å². The zero-order valence-corrected chi connectivity index (χ0v) is 18.6. The molecule has 1 amide bonds. The second-order valence-electron chi connectivity index (χ2n) is 7.24. The lowest BCUT2D eigenvalue weighted by molar-refractivity contribution is 0.0945. The van der Waals surface area contributed by atoms with Gasteiger partial charge in [-0.2, -0.15) is 5.26 Å². The van der Waals surface area contributed by atoms with Crippen molar-refractivity contribution in [1.82, 2.24) is 10.3 Å². The number of fused-ring (bicyclic) bond motifs is 1. The number of amides is 1. The molecular weight excluding hydrogens is 471 g/mol. The predicted molar refractivity (Wildman–Crippen MR) is 122 cm³/mol. The first kappa shape index (κ1) is 22.6. The summed E-state index contributed by atoms with van der Waals surface area (Å²) in [7, 11) is 0. The van der Waals surface area contributed by atoms with Crippen LogP contribution in [-0.4, -0.2) is 10.9 Å². The van der Waals surface area contributed by atoms with Gasteiger partial charge >= 0.3 is 0 Å². The quantitative estimate of drug-likeness (QED) is 0.331. The second kappa shape index (κ2) is 9.10. The summed E-state index contributed by atoms with van der Waals surface area (Å²) in [6.45, 7) is 1.54. The van der Waals surface area contributed by atoms with Crippen molar-refractivity contribution in [3.63, 3.8) is 0 Å². The predicted octanol–water partition coefficient (Wildman–Crippen LogP) is 6.66. The number of aromatic nitrogens is 1. The lowest BCUT2D eigenvalue weighted by atomic mass is 10.1. The van der Waals surface area contributed by atoms with Gasteiger partial charge in [-0.15, -0.1) is 0 Å². The van der Waals surface area contributed by atoms with Crippen LogP contribution in [0.2, 0.25) is 10.0 Å². The number of hydrogen-bond acceptors (Lipinski definition) is 3. The van der Waals surface area contributed by atoms with E-state index in [9.17, 15) is 9.18 Å². The number of halogens is 4. The number of nitriles is 1. The number of aryl methyl sites for hydroxylation is 1. The highest BCUT2D eigenvalue weighted by Gasteiger charge is 2.19. The zero-order chi connectivity index (χ0) is 23.7. The lowest BCUT2D eigenvalue weighted by Gasteiger charge is -2.13. The second-order valence-corrected chi connectivity index (χ2v) is 8.08. The average Bonchev–Trinajstić information content (AvgIpc) is 3.11. The van der Waals surface area contributed by atoms with Crippen LogP contribution in [0.5, 0.6) is 11.5 Å². The third-order valence-corrected chi connectivity index (χ3v) is 5.55. The molecule has 4 aromatic rings. The molecule has 0 radical (unpaired) electrons. The van der Waals surface area contributed by atoms with Gasteiger partial charge < -0.3 is 15.0 Å². The van der Waals surface area contributed by atoms with E-state index in [0.29, 0.717) is 16.5 Å². The third-order valence-electron chi connectivity index (χ3n) is 5.04. The molecule has 0 unspecified atom stereocenters. The molecule has 5 nitrogen and oxygen atoms in total. The van der Waals surface area contributed by atoms with Crippen LogP contribution in [0.1, 0.15) is 27.2 Å². The highest BCUT2D eigenvalue weighted by Crippen LogP contribution is 2.35. The van der Waals surface area contributed by atoms with Gasteiger partial charge in [0.1, 0.15) is 17.3 Å². The summed E-state index contributed by atoms with van der Waals surface area (Å²) in [6.07, 6.45) is 0. The van der Waals surface area contributed by atoms with E-state index < -0.39 is 17.5 Å². The highest BCUT2D eigenvalue weighted by molar-refractivity contribution is 6.32. The van der Waals surface area contributed by atoms with E-state index in [1.807, 2.05) is 6.07 Å². The van der Waals surface area contributed by atoms with Crippen molar-refractivity contribution in [2.75, 3.05) is 0 Å². The standard InChI is InChI=1S/C24H15Cl2F2N3O2/c1-12-18-9-16(27)3-5-20(18)31-22(12)24(32)30-11-14-2-4-19(26)23(21(14)28)33-17-7-13(10-29)6-15(25)8-17/h2-9,31H,11H2,1H3,(H,30,32). The molecule has 0 bridgehead atoms. The van der Waals surface area contributed by atoms with E-state index in [1.165, 1.54) is 42.5 Å². The summed E-state index contributed by atoms with van der Waals surface area (Å²) >= 11 is 12.1. The molecule has 0 fully saturated rings. The largest absolute Gasteiger partial charge is 0.453 e. The fourth-order valence-corrected chi connectivity index (χ4v) is 3.81. The zero-order valence-electron chi connectivity index (χ0n) is 17.1. The number of carbonyl (C=O) groups is 1. The van der Waals surface area contributed by atoms with E-state index in [-0.39, 0.29) is 44.9 Å². The molecular formula is C24H15Cl2F2N3O2. The first-order chi connectivity index (χ1) is 15.8. The van der Waals surface area contributed by atoms with Crippen LogP contribution in [-0.2, 0) is 6.54 Å². The fourth-order valence-electron chi connectivity index (χ4n) is 3.40. The minimum Gasteiger partial charge on any atom is -0.453 e. The maximum atomic E-state index is 15.1. The molecule has 33 heavy (non-hydrogen) atoms. The third kappa shape index (κ3) is 4.63. The summed E-state index contributed by atoms with van der Waals surface area (Å²) in [6, 6.07) is 13.3. The summed E-state index contributed by atoms with van der Waals surface area (Å²) < 4.78 is 34.2. The molecule has 0 aliphatic rings. The SMILES string of the molecule is Cc1c(C(=O)NCc2ccc(Cl)c(Oc3cc(Cl)cc(C#N)c3)c2F)[nH]c2ccc(F)cc12. The van der Waals surface area contributed by atoms with Gasteiger partial charge in [-0.05, 0) is 55.0 Å². The Bertz CT molecular complexity index is 1440. The van der Waals surface area contributed by atoms with Crippen LogP contribution >= 0.6 is 23.2 Å². The number of nitrogens with one attached hydrogen (secondary N) is 2. The van der Waals surface area contributed by atoms with Gasteiger partial charge in [-0.1, -0.05) is 29.3 Å². The average molecular weight is 486 g/mol. The first-order valence-corrected chi connectivity index (χ1v) is 10.4. The Morgan fingerprint density at radius 1 is 1.15 bits per heavy atom. The van der Waals surface area contributed by atoms with Crippen LogP contribution in [0, 0.1) is 29.9 Å². The van der Waals surface area contributed by atoms with E-state index >= 15 is 4.39 Å². The minimum absolute atomic E-state index is 0.00884. The van der Waals surface area contributed by atoms with Gasteiger partial charge in [-0.25, -0.2) is 8.78 Å². The first-order valence-electron chi connectivity index (χ1n) is 9.68. The number of rotatable bonds is 5. The molecule has 1 heterocycles. The van der Waals surface area contributed by atoms with Gasteiger partial charge in [0, 0.05) is 28.0 Å². The fraction of sp³-hybridized carbons (Fsp3) is 0.0833. The number of carbonyl (C=O) groups excluding carboxylic acids is 1. The smallest absolute Gasteiger partial charge is 0.268 e. The van der Waals surface area contributed by atoms with E-state index in [1.54, 1.807) is 13.0 Å². The van der Waals surface area contributed by atoms with Crippen molar-refractivity contribution >= 4 is 40.0 Å². The van der Waals surface area contributed by atoms with Crippen molar-refractivity contribution in [2.45, 2.75) is 13.5 Å². The maximum absolute atomic E-state index is 15.1. The van der Waals surface area contributed by atoms with Crippen molar-refractivity contribution in [3.8, 4) is 17.6 Å². The molecule has 0 atom stereocenters. The Labute approximate surface area is 197 Å². The van der Waals surface area contributed by atoms with Crippen molar-refractivity contribution in [3.05, 3.63) is 92.6 Å². The molecule has 166 valence electrons. The Balaban J connectivity index is 1.56. The molecule has 0 aliphatic heterocycles. The molecule has 0 aliphatic carbocycles. The normalized spacial score (nSPS) is 10.8. The highest BCUT2D eigenvalue weighted by atomic mass is 35.5. The van der Waals surface area contributed by atoms with Crippen LogP contribution < -0.4 is 10.1 Å². The molecule has 3 aromatic carbocycles. The number of benzene rings is 3. The summed E-state index contributed by atoms with van der Waals surface area (Å²) in [4.78, 5) is 15.6. The number of ether oxygens (including phenoxy) is 1. The topological polar surface area (TPSA) is 77.9 Å². The summed E-state index contributed by atoms with van der Waals surface area (Å²) in [5, 5.41) is 12.6. The van der Waals surface area contributed by atoms with Crippen LogP contribution in [0.3, 0.4) is 0 Å². The Hall–Kier alpha value is -3.60. The van der Waals surface area contributed by atoms with Crippen LogP contribution in [0.15, 0.2) is 48.5 Å². The van der Waals surface area contributed by atoms with Gasteiger partial charge in [0.15, 0.2) is 11.6 Å². The molecule has 0 saturated carbocycles. The van der Waals surface area contributed by atoms with E-state index in [4.69, 9.17) is 33.2 Å². The molecule has 0 spiro atoms. The number of H-pyrrole nitrogens is 1. The molecule has 9 heteroatoms. The molecule has 4 rings (SSSR count). The van der Waals surface area contributed by atoms with Gasteiger partial charge in [0.05, 0.1) is 16.7 Å². The van der Waals surface area contributed by atoms with Crippen molar-refractivity contribution in [1.29, 1.82) is 5.26 Å². The maximum Gasteiger partial charge on any atom is 0.268 e. The Kier molecular flexibility index (Phi) is 6.23. The van der Waals surface area contributed by atoms with Gasteiger partial charge in [-0.3, -0.25) is 4.79 Å². The molecule has 0 saturated heterocycles. The Morgan fingerprint density at radius 2 is 1.94 bits per heavy atom. The van der Waals surface area contributed by atoms with Crippen LogP contribution in [0.25, 0.3) is 10.9 Å². The van der Waals surface area contributed by atoms with Crippen molar-refractivity contribution < 1.29 is 18.3 Å². The molecule has 1 aromatic heterocycles. The number of aromatic amines is 1. The number of hydrogen-bond donors (Lipinski definition) is 2. The van der Waals surface area contributed by atoms with E-state index in [0.717, 1.165) is 0 Å². The monoisotopic (exact) mass is 485 g/mol. The van der Waals surface area contributed by atoms with E-state index in [2.05, 4.69) is 10.3 Å². The number of nitrogens with zero attached hydrogens (tertiary/aromatic N) is 1. The minimum atomic E-state index is -0.767.